The fourth-order valence-electron chi connectivity index (χ4n) is 3.08. The number of carbonyl (C=O) groups is 1. The van der Waals surface area contributed by atoms with Crippen molar-refractivity contribution in [1.82, 2.24) is 19.7 Å². The molecular formula is C12H16B5N7O. The fraction of sp³-hybridized carbons (Fsp3) is 0. The molecule has 3 rings (SSSR count). The molecule has 0 bridgehead atoms. The van der Waals surface area contributed by atoms with Crippen molar-refractivity contribution in [2.24, 2.45) is 5.73 Å². The smallest absolute Gasteiger partial charge is 0.252 e. The van der Waals surface area contributed by atoms with Crippen molar-refractivity contribution in [2.75, 3.05) is 10.5 Å². The Hall–Kier alpha value is -2.84. The molecule has 0 aliphatic rings. The quantitative estimate of drug-likeness (QED) is 0.411. The van der Waals surface area contributed by atoms with Crippen molar-refractivity contribution in [1.29, 1.82) is 0 Å². The van der Waals surface area contributed by atoms with Gasteiger partial charge in [0, 0.05) is 28.8 Å². The molecule has 0 saturated carbocycles. The van der Waals surface area contributed by atoms with E-state index in [-0.39, 0.29) is 0 Å². The lowest BCUT2D eigenvalue weighted by atomic mass is 9.85. The third-order valence-electron chi connectivity index (χ3n) is 4.25. The summed E-state index contributed by atoms with van der Waals surface area (Å²) in [7, 11) is 9.56. The summed E-state index contributed by atoms with van der Waals surface area (Å²) in [5.41, 5.74) is 10.1. The van der Waals surface area contributed by atoms with Crippen molar-refractivity contribution in [2.45, 2.75) is 0 Å². The summed E-state index contributed by atoms with van der Waals surface area (Å²) < 4.78 is 1.85. The van der Waals surface area contributed by atoms with Gasteiger partial charge >= 0.3 is 0 Å². The van der Waals surface area contributed by atoms with Crippen LogP contribution in [0, 0.1) is 0 Å². The molecule has 0 atom stereocenters. The number of pyridine rings is 2. The van der Waals surface area contributed by atoms with Gasteiger partial charge in [0.05, 0.1) is 16.8 Å². The highest BCUT2D eigenvalue weighted by molar-refractivity contribution is 6.51. The van der Waals surface area contributed by atoms with E-state index in [1.165, 1.54) is 6.20 Å². The fourth-order valence-corrected chi connectivity index (χ4v) is 3.08. The molecule has 0 aliphatic carbocycles. The van der Waals surface area contributed by atoms with E-state index in [1.807, 2.05) is 36.1 Å². The molecule has 4 N–H and O–H groups in total. The number of hydrogen-bond donors (Lipinski definition) is 3. The Morgan fingerprint density at radius 2 is 1.96 bits per heavy atom. The van der Waals surface area contributed by atoms with Gasteiger partial charge in [-0.1, -0.05) is 0 Å². The Bertz CT molecular complexity index is 1010. The van der Waals surface area contributed by atoms with Crippen molar-refractivity contribution in [3.05, 3.63) is 17.8 Å². The number of amides is 1. The number of anilines is 3. The van der Waals surface area contributed by atoms with Gasteiger partial charge in [-0.3, -0.25) is 4.79 Å². The Morgan fingerprint density at radius 3 is 2.60 bits per heavy atom. The molecule has 0 aliphatic heterocycles. The number of fused-ring (bicyclic) bond motifs is 1. The van der Waals surface area contributed by atoms with E-state index >= 15 is 0 Å². The summed E-state index contributed by atoms with van der Waals surface area (Å²) in [6, 6.07) is 1.73. The third-order valence-corrected chi connectivity index (χ3v) is 4.25. The van der Waals surface area contributed by atoms with Gasteiger partial charge in [0.2, 0.25) is 16.0 Å². The second kappa shape index (κ2) is 6.23. The van der Waals surface area contributed by atoms with Crippen LogP contribution in [-0.4, -0.2) is 65.1 Å². The molecule has 3 heterocycles. The van der Waals surface area contributed by atoms with Crippen LogP contribution in [-0.2, 0) is 0 Å². The maximum Gasteiger partial charge on any atom is 0.252 e. The highest BCUT2D eigenvalue weighted by Gasteiger charge is 2.17. The minimum absolute atomic E-state index is 0.305. The Balaban J connectivity index is 2.18. The molecular weight excluding hydrogens is 312 g/mol. The van der Waals surface area contributed by atoms with Gasteiger partial charge in [-0.25, -0.2) is 15.1 Å². The first-order valence-corrected chi connectivity index (χ1v) is 7.88. The normalized spacial score (nSPS) is 10.7. The van der Waals surface area contributed by atoms with Crippen LogP contribution in [0.4, 0.5) is 17.3 Å². The van der Waals surface area contributed by atoms with Crippen molar-refractivity contribution in [3.63, 3.8) is 0 Å². The lowest BCUT2D eigenvalue weighted by Gasteiger charge is -2.15. The number of carbonyl (C=O) groups excluding carboxylic acids is 1. The van der Waals surface area contributed by atoms with Crippen LogP contribution in [0.15, 0.2) is 12.3 Å². The van der Waals surface area contributed by atoms with Gasteiger partial charge in [-0.15, -0.1) is 0 Å². The van der Waals surface area contributed by atoms with E-state index in [2.05, 4.69) is 25.6 Å². The molecule has 0 unspecified atom stereocenters. The van der Waals surface area contributed by atoms with Crippen LogP contribution in [0.2, 0.25) is 0 Å². The molecule has 1 amide bonds. The molecule has 0 saturated heterocycles. The van der Waals surface area contributed by atoms with Crippen LogP contribution in [0.25, 0.3) is 10.9 Å². The molecule has 0 radical (unpaired) electrons. The highest BCUT2D eigenvalue weighted by atomic mass is 16.1. The van der Waals surface area contributed by atoms with Crippen molar-refractivity contribution in [3.8, 4) is 0 Å². The Labute approximate surface area is 149 Å². The molecule has 3 aromatic heterocycles. The predicted octanol–water partition coefficient (Wildman–Crippen LogP) is -6.20. The summed E-state index contributed by atoms with van der Waals surface area (Å²) >= 11 is 0. The lowest BCUT2D eigenvalue weighted by molar-refractivity contribution is 0.100. The lowest BCUT2D eigenvalue weighted by Crippen LogP contribution is -2.25. The molecule has 13 heteroatoms. The maximum absolute atomic E-state index is 11.7. The summed E-state index contributed by atoms with van der Waals surface area (Å²) in [6.45, 7) is 0. The van der Waals surface area contributed by atoms with Gasteiger partial charge in [-0.2, -0.15) is 0 Å². The number of hydrogen-bond acceptors (Lipinski definition) is 6. The van der Waals surface area contributed by atoms with E-state index in [0.29, 0.717) is 22.9 Å². The van der Waals surface area contributed by atoms with E-state index in [1.54, 1.807) is 14.0 Å². The zero-order valence-electron chi connectivity index (χ0n) is 14.9. The van der Waals surface area contributed by atoms with Gasteiger partial charge in [-0.05, 0) is 5.46 Å². The van der Waals surface area contributed by atoms with E-state index in [9.17, 15) is 4.79 Å². The zero-order valence-corrected chi connectivity index (χ0v) is 14.9. The first-order chi connectivity index (χ1) is 11.8. The number of rotatable bonds is 4. The SMILES string of the molecule is BNc1cc(Nc2nc(B)c3c(B)nn(B)c3c2B)c(C(N)=O)cn1. The van der Waals surface area contributed by atoms with Crippen molar-refractivity contribution >= 4 is 90.3 Å². The maximum atomic E-state index is 11.7. The summed E-state index contributed by atoms with van der Waals surface area (Å²) in [6.07, 6.45) is 1.45. The second-order valence-corrected chi connectivity index (χ2v) is 5.96. The van der Waals surface area contributed by atoms with Gasteiger partial charge < -0.3 is 20.9 Å². The molecule has 25 heavy (non-hydrogen) atoms. The average molecular weight is 328 g/mol. The van der Waals surface area contributed by atoms with E-state index in [0.717, 1.165) is 27.6 Å². The van der Waals surface area contributed by atoms with Crippen LogP contribution in [0.1, 0.15) is 10.4 Å². The first-order valence-electron chi connectivity index (χ1n) is 7.88. The summed E-state index contributed by atoms with van der Waals surface area (Å²) in [5, 5.41) is 11.7. The molecule has 0 spiro atoms. The van der Waals surface area contributed by atoms with Crippen LogP contribution in [0.3, 0.4) is 0 Å². The van der Waals surface area contributed by atoms with Crippen LogP contribution < -0.4 is 32.9 Å². The van der Waals surface area contributed by atoms with Gasteiger partial charge in [0.1, 0.15) is 19.5 Å². The largest absolute Gasteiger partial charge is 0.420 e. The van der Waals surface area contributed by atoms with E-state index in [4.69, 9.17) is 5.73 Å². The van der Waals surface area contributed by atoms with Gasteiger partial charge in [0.25, 0.3) is 5.91 Å². The highest BCUT2D eigenvalue weighted by Crippen LogP contribution is 2.21. The predicted molar refractivity (Wildman–Crippen MR) is 114 cm³/mol. The van der Waals surface area contributed by atoms with Crippen molar-refractivity contribution < 1.29 is 4.79 Å². The standard InChI is InChI=1S/C12H16B5N7O/c13-7-8-6(10(15)23-24(8)17)9(14)21-12(7)20-4-1-5(22-16)19-2-3(4)11(18)25/h1-2H,13-17H2,(H2,18,25)(H2,19,20,21,22). The molecule has 0 aromatic carbocycles. The number of aromatic nitrogens is 4. The minimum Gasteiger partial charge on any atom is -0.420 e. The van der Waals surface area contributed by atoms with Crippen LogP contribution >= 0.6 is 0 Å². The summed E-state index contributed by atoms with van der Waals surface area (Å²) in [4.78, 5) is 20.5. The number of primary amides is 1. The molecule has 0 fully saturated rings. The minimum atomic E-state index is -0.551. The first kappa shape index (κ1) is 17.0. The monoisotopic (exact) mass is 329 g/mol. The average Bonchev–Trinajstić information content (AvgIpc) is 2.87. The van der Waals surface area contributed by atoms with Gasteiger partial charge in [0.15, 0.2) is 15.7 Å². The third kappa shape index (κ3) is 2.86. The Kier molecular flexibility index (Phi) is 4.24. The molecule has 3 aromatic rings. The number of nitrogens with zero attached hydrogens (tertiary/aromatic N) is 4. The van der Waals surface area contributed by atoms with E-state index < -0.39 is 5.91 Å². The molecule has 8 nitrogen and oxygen atoms in total. The van der Waals surface area contributed by atoms with Crippen LogP contribution in [0.5, 0.6) is 0 Å². The number of nitrogens with two attached hydrogens (primary N) is 1. The topological polar surface area (TPSA) is 111 Å². The molecule has 120 valence electrons. The zero-order chi connectivity index (χ0) is 18.3. The number of nitrogens with one attached hydrogen (secondary N) is 2. The Morgan fingerprint density at radius 1 is 1.24 bits per heavy atom. The second-order valence-electron chi connectivity index (χ2n) is 5.96. The summed E-state index contributed by atoms with van der Waals surface area (Å²) in [5.74, 6) is 0.729.